The molecule has 0 aliphatic heterocycles. The number of hydrogen-bond donors (Lipinski definition) is 4. The highest BCUT2D eigenvalue weighted by Gasteiger charge is 2.31. The van der Waals surface area contributed by atoms with E-state index in [9.17, 15) is 19.2 Å². The minimum atomic E-state index is -0.787. The Kier molecular flexibility index (Phi) is 20.5. The average molecular weight is 1120 g/mol. The number of nitrogen functional groups attached to an aromatic ring is 2. The summed E-state index contributed by atoms with van der Waals surface area (Å²) in [5, 5.41) is 5.93. The van der Waals surface area contributed by atoms with Crippen molar-refractivity contribution in [1.29, 1.82) is 0 Å². The largest absolute Gasteiger partial charge is 0.488 e. The molecule has 0 aliphatic carbocycles. The third-order valence-electron chi connectivity index (χ3n) is 12.4. The Hall–Kier alpha value is -9.50. The van der Waals surface area contributed by atoms with Crippen molar-refractivity contribution in [2.75, 3.05) is 11.5 Å². The third kappa shape index (κ3) is 18.5. The molecule has 6 N–H and O–H groups in total. The quantitative estimate of drug-likeness (QED) is 0.0358. The van der Waals surface area contributed by atoms with E-state index in [0.29, 0.717) is 71.9 Å². The topological polar surface area (TPSA) is 216 Å². The molecule has 6 aromatic carbocycles. The summed E-state index contributed by atoms with van der Waals surface area (Å²) in [6.45, 7) is 16.8. The van der Waals surface area contributed by atoms with Gasteiger partial charge in [0.2, 0.25) is 0 Å². The molecule has 2 amide bonds. The van der Waals surface area contributed by atoms with Gasteiger partial charge in [0.05, 0.1) is 29.0 Å². The third-order valence-corrected chi connectivity index (χ3v) is 12.4. The molecule has 15 nitrogen and oxygen atoms in total. The molecule has 83 heavy (non-hydrogen) atoms. The molecule has 8 aromatic rings. The van der Waals surface area contributed by atoms with Gasteiger partial charge in [0.15, 0.2) is 6.29 Å². The number of esters is 1. The van der Waals surface area contributed by atoms with Gasteiger partial charge < -0.3 is 45.8 Å². The molecule has 0 saturated heterocycles. The van der Waals surface area contributed by atoms with E-state index in [0.717, 1.165) is 27.8 Å². The number of carbonyl (C=O) groups is 4. The van der Waals surface area contributed by atoms with E-state index >= 15 is 0 Å². The van der Waals surface area contributed by atoms with Crippen molar-refractivity contribution in [1.82, 2.24) is 20.6 Å². The Balaban J connectivity index is 0.000000240. The van der Waals surface area contributed by atoms with Crippen molar-refractivity contribution in [3.8, 4) is 34.0 Å². The lowest BCUT2D eigenvalue weighted by Crippen LogP contribution is -2.37. The second kappa shape index (κ2) is 27.8. The number of ether oxygens (including phenoxy) is 5. The zero-order chi connectivity index (χ0) is 59.7. The minimum Gasteiger partial charge on any atom is -0.488 e. The number of benzene rings is 6. The van der Waals surface area contributed by atoms with E-state index in [4.69, 9.17) is 35.2 Å². The molecular weight excluding hydrogens is 1040 g/mol. The Morgan fingerprint density at radius 1 is 0.470 bits per heavy atom. The van der Waals surface area contributed by atoms with Crippen molar-refractivity contribution < 1.29 is 42.9 Å². The van der Waals surface area contributed by atoms with Crippen LogP contribution >= 0.6 is 0 Å². The zero-order valence-corrected chi connectivity index (χ0v) is 48.6. The van der Waals surface area contributed by atoms with E-state index in [1.54, 1.807) is 74.4 Å². The smallest absolute Gasteiger partial charge is 0.408 e. The molecule has 0 bridgehead atoms. The van der Waals surface area contributed by atoms with E-state index in [2.05, 4.69) is 20.6 Å². The van der Waals surface area contributed by atoms with Crippen molar-refractivity contribution in [3.63, 3.8) is 0 Å². The summed E-state index contributed by atoms with van der Waals surface area (Å²) < 4.78 is 29.3. The number of amides is 2. The average Bonchev–Trinajstić information content (AvgIpc) is 3.33. The van der Waals surface area contributed by atoms with Crippen LogP contribution in [0.1, 0.15) is 128 Å². The predicted molar refractivity (Wildman–Crippen MR) is 325 cm³/mol. The van der Waals surface area contributed by atoms with Crippen molar-refractivity contribution in [2.24, 2.45) is 0 Å². The van der Waals surface area contributed by atoms with E-state index < -0.39 is 47.0 Å². The zero-order valence-electron chi connectivity index (χ0n) is 48.6. The van der Waals surface area contributed by atoms with Gasteiger partial charge in [-0.3, -0.25) is 4.79 Å². The van der Waals surface area contributed by atoms with Crippen LogP contribution in [0.2, 0.25) is 0 Å². The van der Waals surface area contributed by atoms with Crippen LogP contribution in [-0.2, 0) is 40.3 Å². The number of aldehydes is 1. The van der Waals surface area contributed by atoms with Gasteiger partial charge in [0.25, 0.3) is 0 Å². The maximum Gasteiger partial charge on any atom is 0.408 e. The number of aromatic nitrogens is 2. The van der Waals surface area contributed by atoms with Crippen LogP contribution in [0.15, 0.2) is 182 Å². The maximum absolute atomic E-state index is 13.6. The number of rotatable bonds is 18. The van der Waals surface area contributed by atoms with Gasteiger partial charge >= 0.3 is 18.2 Å². The van der Waals surface area contributed by atoms with Gasteiger partial charge in [0.1, 0.15) is 58.7 Å². The van der Waals surface area contributed by atoms with Crippen molar-refractivity contribution in [2.45, 2.75) is 117 Å². The molecule has 0 saturated carbocycles. The van der Waals surface area contributed by atoms with E-state index in [-0.39, 0.29) is 22.8 Å². The number of nitrogens with one attached hydrogen (secondary N) is 2. The highest BCUT2D eigenvalue weighted by atomic mass is 16.6. The van der Waals surface area contributed by atoms with Gasteiger partial charge in [0, 0.05) is 11.1 Å². The Morgan fingerprint density at radius 2 is 0.819 bits per heavy atom. The number of nitrogens with zero attached hydrogens (tertiary/aromatic N) is 2. The second-order valence-electron chi connectivity index (χ2n) is 22.7. The summed E-state index contributed by atoms with van der Waals surface area (Å²) in [7, 11) is 0. The SMILES string of the molecule is CC(C)(C)OC(=O)NC(Cc1ccccc1)c1cc(-c2ccccc2OCc2ccccc2)nc(N)c1C(=O)OC(C)(C)C.CC(C)(C)OC(=O)NC(Cc1ccccc1)c1cc(-c2ccccc2OCc2ccccc2)nc(N)c1C=O. The molecule has 0 aliphatic rings. The van der Waals surface area contributed by atoms with Crippen LogP contribution < -0.4 is 31.6 Å². The lowest BCUT2D eigenvalue weighted by Gasteiger charge is -2.27. The van der Waals surface area contributed by atoms with Crippen LogP contribution in [0.5, 0.6) is 11.5 Å². The minimum absolute atomic E-state index is 0.0198. The molecule has 0 spiro atoms. The summed E-state index contributed by atoms with van der Waals surface area (Å²) in [6.07, 6.45) is 0.218. The molecule has 2 heterocycles. The van der Waals surface area contributed by atoms with E-state index in [1.807, 2.05) is 170 Å². The van der Waals surface area contributed by atoms with Crippen LogP contribution in [0.25, 0.3) is 22.5 Å². The summed E-state index contributed by atoms with van der Waals surface area (Å²) in [5.41, 5.74) is 18.3. The van der Waals surface area contributed by atoms with Crippen LogP contribution in [0.4, 0.5) is 21.2 Å². The first-order valence-electron chi connectivity index (χ1n) is 27.4. The molecular formula is C68H74N6O9. The second-order valence-corrected chi connectivity index (χ2v) is 22.7. The lowest BCUT2D eigenvalue weighted by molar-refractivity contribution is 0.00666. The normalized spacial score (nSPS) is 12.1. The number of anilines is 2. The summed E-state index contributed by atoms with van der Waals surface area (Å²) >= 11 is 0. The lowest BCUT2D eigenvalue weighted by atomic mass is 9.93. The molecule has 0 fully saturated rings. The maximum atomic E-state index is 13.6. The summed E-state index contributed by atoms with van der Waals surface area (Å²) in [4.78, 5) is 61.0. The molecule has 15 heteroatoms. The summed E-state index contributed by atoms with van der Waals surface area (Å²) in [6, 6.07) is 56.3. The first-order chi connectivity index (χ1) is 39.5. The molecule has 430 valence electrons. The monoisotopic (exact) mass is 1120 g/mol. The molecule has 2 atom stereocenters. The highest BCUT2D eigenvalue weighted by molar-refractivity contribution is 5.97. The fourth-order valence-corrected chi connectivity index (χ4v) is 8.86. The number of nitrogens with two attached hydrogens (primary N) is 2. The van der Waals surface area contributed by atoms with Crippen molar-refractivity contribution in [3.05, 3.63) is 226 Å². The number of alkyl carbamates (subject to hydrolysis) is 2. The van der Waals surface area contributed by atoms with Crippen LogP contribution in [0.3, 0.4) is 0 Å². The standard InChI is InChI=1S/C36H41N3O5.C32H33N3O4/c1-35(2,3)43-33(40)31-27(28(21-24-15-9-7-10-16-24)39-34(41)44-36(4,5)6)22-29(38-32(31)37)26-19-13-14-20-30(26)42-23-25-17-11-8-12-18-25;1-32(2,3)39-31(37)35-27(18-22-12-6-4-7-13-22)25-19-28(34-30(33)26(25)20-36)24-16-10-11-17-29(24)38-21-23-14-8-5-9-15-23/h7-20,22,28H,21,23H2,1-6H3,(H2,37,38)(H,39,41);4-17,19-20,27H,18,21H2,1-3H3,(H2,33,34)(H,35,37). The van der Waals surface area contributed by atoms with Gasteiger partial charge in [-0.2, -0.15) is 0 Å². The van der Waals surface area contributed by atoms with Crippen LogP contribution in [0, 0.1) is 0 Å². The predicted octanol–water partition coefficient (Wildman–Crippen LogP) is 14.2. The van der Waals surface area contributed by atoms with Gasteiger partial charge in [-0.1, -0.05) is 146 Å². The number of carbonyl (C=O) groups excluding carboxylic acids is 4. The van der Waals surface area contributed by atoms with Crippen molar-refractivity contribution >= 4 is 36.1 Å². The number of hydrogen-bond acceptors (Lipinski definition) is 13. The van der Waals surface area contributed by atoms with Gasteiger partial charge in [-0.25, -0.2) is 24.4 Å². The first kappa shape index (κ1) is 61.1. The molecule has 8 rings (SSSR count). The Labute approximate surface area is 486 Å². The number of para-hydroxylation sites is 2. The molecule has 2 unspecified atom stereocenters. The fraction of sp³-hybridized carbons (Fsp3) is 0.265. The molecule has 2 aromatic heterocycles. The Bertz CT molecular complexity index is 3450. The summed E-state index contributed by atoms with van der Waals surface area (Å²) in [5.74, 6) is 0.631. The first-order valence-corrected chi connectivity index (χ1v) is 27.4. The fourth-order valence-electron chi connectivity index (χ4n) is 8.86. The Morgan fingerprint density at radius 3 is 1.22 bits per heavy atom. The van der Waals surface area contributed by atoms with E-state index in [1.165, 1.54) is 0 Å². The highest BCUT2D eigenvalue weighted by Crippen LogP contribution is 2.37. The molecule has 0 radical (unpaired) electrons. The van der Waals surface area contributed by atoms with Crippen LogP contribution in [-0.4, -0.2) is 51.2 Å². The van der Waals surface area contributed by atoms with Gasteiger partial charge in [-0.05, 0) is 145 Å². The van der Waals surface area contributed by atoms with Gasteiger partial charge in [-0.15, -0.1) is 0 Å². The number of pyridine rings is 2.